The molecule has 0 radical (unpaired) electrons. The summed E-state index contributed by atoms with van der Waals surface area (Å²) in [6.07, 6.45) is 1.57. The van der Waals surface area contributed by atoms with Crippen molar-refractivity contribution < 1.29 is 4.79 Å². The van der Waals surface area contributed by atoms with Gasteiger partial charge in [0, 0.05) is 16.2 Å². The molecule has 2 rings (SSSR count). The van der Waals surface area contributed by atoms with E-state index in [0.717, 1.165) is 4.47 Å². The van der Waals surface area contributed by atoms with E-state index in [1.165, 1.54) is 0 Å². The number of aromatic nitrogens is 1. The molecular weight excluding hydrogens is 339 g/mol. The van der Waals surface area contributed by atoms with Crippen molar-refractivity contribution in [1.82, 2.24) is 4.98 Å². The first kappa shape index (κ1) is 15.0. The van der Waals surface area contributed by atoms with E-state index in [-0.39, 0.29) is 18.3 Å². The molecule has 2 aromatic rings. The van der Waals surface area contributed by atoms with Crippen LogP contribution in [0.15, 0.2) is 47.1 Å². The number of hydrogen-bond acceptors (Lipinski definition) is 2. The minimum Gasteiger partial charge on any atom is -0.305 e. The van der Waals surface area contributed by atoms with Gasteiger partial charge in [-0.05, 0) is 36.4 Å². The Morgan fingerprint density at radius 3 is 2.50 bits per heavy atom. The largest absolute Gasteiger partial charge is 0.305 e. The van der Waals surface area contributed by atoms with Crippen molar-refractivity contribution in [2.24, 2.45) is 0 Å². The first-order chi connectivity index (χ1) is 8.16. The number of carbonyl (C=O) groups excluding carboxylic acids is 1. The van der Waals surface area contributed by atoms with Crippen molar-refractivity contribution in [1.29, 1.82) is 0 Å². The maximum atomic E-state index is 11.9. The number of hydrogen-bond donors (Lipinski definition) is 1. The number of anilines is 1. The van der Waals surface area contributed by atoms with Gasteiger partial charge in [0.2, 0.25) is 0 Å². The number of nitrogens with zero attached hydrogens (tertiary/aromatic N) is 1. The highest BCUT2D eigenvalue weighted by atomic mass is 79.9. The van der Waals surface area contributed by atoms with Gasteiger partial charge in [-0.25, -0.2) is 4.98 Å². The van der Waals surface area contributed by atoms with Crippen LogP contribution < -0.4 is 5.32 Å². The Morgan fingerprint density at radius 1 is 1.22 bits per heavy atom. The van der Waals surface area contributed by atoms with Crippen LogP contribution in [-0.2, 0) is 0 Å². The second-order valence-electron chi connectivity index (χ2n) is 3.29. The Labute approximate surface area is 124 Å². The third-order valence-corrected chi connectivity index (χ3v) is 2.93. The second kappa shape index (κ2) is 6.73. The molecule has 3 nitrogen and oxygen atoms in total. The van der Waals surface area contributed by atoms with Gasteiger partial charge >= 0.3 is 0 Å². The van der Waals surface area contributed by atoms with Gasteiger partial charge in [-0.2, -0.15) is 0 Å². The predicted molar refractivity (Wildman–Crippen MR) is 78.6 cm³/mol. The molecule has 6 heteroatoms. The minimum absolute atomic E-state index is 0. The van der Waals surface area contributed by atoms with Crippen LogP contribution in [0.25, 0.3) is 0 Å². The third kappa shape index (κ3) is 3.70. The maximum Gasteiger partial charge on any atom is 0.256 e. The van der Waals surface area contributed by atoms with E-state index < -0.39 is 0 Å². The summed E-state index contributed by atoms with van der Waals surface area (Å²) in [5, 5.41) is 3.06. The first-order valence-corrected chi connectivity index (χ1v) is 6.01. The average Bonchev–Trinajstić information content (AvgIpc) is 2.33. The zero-order valence-corrected chi connectivity index (χ0v) is 12.2. The minimum atomic E-state index is -0.238. The number of amides is 1. The van der Waals surface area contributed by atoms with E-state index in [1.54, 1.807) is 42.6 Å². The fourth-order valence-corrected chi connectivity index (χ4v) is 1.69. The lowest BCUT2D eigenvalue weighted by Crippen LogP contribution is -2.13. The fraction of sp³-hybridized carbons (Fsp3) is 0. The molecule has 0 saturated heterocycles. The Bertz CT molecular complexity index is 546. The standard InChI is InChI=1S/C12H8BrClN2O.ClH/c13-9-5-3-8(4-6-9)12(17)16-11-10(14)2-1-7-15-11;/h1-7H,(H,15,16,17);1H. The molecule has 1 N–H and O–H groups in total. The van der Waals surface area contributed by atoms with E-state index in [0.29, 0.717) is 16.4 Å². The third-order valence-electron chi connectivity index (χ3n) is 2.10. The van der Waals surface area contributed by atoms with E-state index >= 15 is 0 Å². The molecule has 0 aliphatic rings. The first-order valence-electron chi connectivity index (χ1n) is 4.84. The molecule has 94 valence electrons. The van der Waals surface area contributed by atoms with Crippen molar-refractivity contribution in [3.8, 4) is 0 Å². The van der Waals surface area contributed by atoms with Crippen LogP contribution in [0, 0.1) is 0 Å². The number of halogens is 3. The Balaban J connectivity index is 0.00000162. The average molecular weight is 348 g/mol. The molecule has 0 aliphatic carbocycles. The molecule has 1 heterocycles. The molecule has 1 aromatic carbocycles. The normalized spacial score (nSPS) is 9.44. The van der Waals surface area contributed by atoms with Crippen LogP contribution in [0.1, 0.15) is 10.4 Å². The zero-order valence-electron chi connectivity index (χ0n) is 9.06. The smallest absolute Gasteiger partial charge is 0.256 e. The quantitative estimate of drug-likeness (QED) is 0.885. The molecule has 1 aromatic heterocycles. The van der Waals surface area contributed by atoms with Gasteiger partial charge in [-0.3, -0.25) is 4.79 Å². The number of benzene rings is 1. The summed E-state index contributed by atoms with van der Waals surface area (Å²) in [6, 6.07) is 10.4. The highest BCUT2D eigenvalue weighted by Gasteiger charge is 2.08. The van der Waals surface area contributed by atoms with Gasteiger partial charge < -0.3 is 5.32 Å². The van der Waals surface area contributed by atoms with Crippen molar-refractivity contribution >= 4 is 51.7 Å². The maximum absolute atomic E-state index is 11.9. The second-order valence-corrected chi connectivity index (χ2v) is 4.62. The molecule has 0 unspecified atom stereocenters. The van der Waals surface area contributed by atoms with E-state index in [4.69, 9.17) is 11.6 Å². The summed E-state index contributed by atoms with van der Waals surface area (Å²) in [5.41, 5.74) is 0.551. The number of rotatable bonds is 2. The molecule has 18 heavy (non-hydrogen) atoms. The lowest BCUT2D eigenvalue weighted by atomic mass is 10.2. The van der Waals surface area contributed by atoms with Crippen LogP contribution in [-0.4, -0.2) is 10.9 Å². The van der Waals surface area contributed by atoms with Crippen molar-refractivity contribution in [2.75, 3.05) is 5.32 Å². The number of carbonyl (C=O) groups is 1. The summed E-state index contributed by atoms with van der Waals surface area (Å²) in [7, 11) is 0. The van der Waals surface area contributed by atoms with E-state index in [2.05, 4.69) is 26.2 Å². The summed E-state index contributed by atoms with van der Waals surface area (Å²) in [5.74, 6) is 0.125. The van der Waals surface area contributed by atoms with Crippen LogP contribution in [0.2, 0.25) is 5.02 Å². The Kier molecular flexibility index (Phi) is 5.59. The van der Waals surface area contributed by atoms with Crippen LogP contribution in [0.3, 0.4) is 0 Å². The van der Waals surface area contributed by atoms with Gasteiger partial charge in [-0.15, -0.1) is 12.4 Å². The van der Waals surface area contributed by atoms with Crippen molar-refractivity contribution in [3.63, 3.8) is 0 Å². The summed E-state index contributed by atoms with van der Waals surface area (Å²) in [4.78, 5) is 15.8. The zero-order chi connectivity index (χ0) is 12.3. The topological polar surface area (TPSA) is 42.0 Å². The van der Waals surface area contributed by atoms with E-state index in [1.807, 2.05) is 0 Å². The van der Waals surface area contributed by atoms with Crippen molar-refractivity contribution in [2.45, 2.75) is 0 Å². The monoisotopic (exact) mass is 346 g/mol. The number of pyridine rings is 1. The molecule has 0 bridgehead atoms. The van der Waals surface area contributed by atoms with Crippen molar-refractivity contribution in [3.05, 3.63) is 57.7 Å². The molecular formula is C12H9BrCl2N2O. The van der Waals surface area contributed by atoms with Crippen LogP contribution >= 0.6 is 39.9 Å². The Morgan fingerprint density at radius 2 is 1.89 bits per heavy atom. The Hall–Kier alpha value is -1.10. The van der Waals surface area contributed by atoms with Gasteiger partial charge in [0.1, 0.15) is 0 Å². The summed E-state index contributed by atoms with van der Waals surface area (Å²) in [6.45, 7) is 0. The SMILES string of the molecule is Cl.O=C(Nc1ncccc1Cl)c1ccc(Br)cc1. The van der Waals surface area contributed by atoms with Gasteiger partial charge in [-0.1, -0.05) is 27.5 Å². The highest BCUT2D eigenvalue weighted by Crippen LogP contribution is 2.18. The molecule has 0 aliphatic heterocycles. The lowest BCUT2D eigenvalue weighted by molar-refractivity contribution is 0.102. The van der Waals surface area contributed by atoms with E-state index in [9.17, 15) is 4.79 Å². The molecule has 1 amide bonds. The van der Waals surface area contributed by atoms with Gasteiger partial charge in [0.05, 0.1) is 5.02 Å². The predicted octanol–water partition coefficient (Wildman–Crippen LogP) is 4.17. The summed E-state index contributed by atoms with van der Waals surface area (Å²) >= 11 is 9.20. The van der Waals surface area contributed by atoms with Gasteiger partial charge in [0.25, 0.3) is 5.91 Å². The fourth-order valence-electron chi connectivity index (χ4n) is 1.26. The molecule has 0 spiro atoms. The summed E-state index contributed by atoms with van der Waals surface area (Å²) < 4.78 is 0.921. The number of nitrogens with one attached hydrogen (secondary N) is 1. The molecule has 0 saturated carbocycles. The molecule has 0 atom stereocenters. The van der Waals surface area contributed by atoms with Crippen LogP contribution in [0.4, 0.5) is 5.82 Å². The van der Waals surface area contributed by atoms with Crippen LogP contribution in [0.5, 0.6) is 0 Å². The van der Waals surface area contributed by atoms with Gasteiger partial charge in [0.15, 0.2) is 5.82 Å². The highest BCUT2D eigenvalue weighted by molar-refractivity contribution is 9.10. The molecule has 0 fully saturated rings. The lowest BCUT2D eigenvalue weighted by Gasteiger charge is -2.05.